The molecule has 0 bridgehead atoms. The molecule has 0 atom stereocenters. The first-order valence-electron chi connectivity index (χ1n) is 8.49. The van der Waals surface area contributed by atoms with E-state index in [1.165, 1.54) is 51.4 Å². The third kappa shape index (κ3) is 22.3. The molecule has 6 nitrogen and oxygen atoms in total. The van der Waals surface area contributed by atoms with Crippen molar-refractivity contribution in [3.05, 3.63) is 0 Å². The molecule has 0 aliphatic rings. The number of nitrogens with zero attached hydrogens (tertiary/aromatic N) is 1. The number of aliphatic carboxylic acids is 1. The van der Waals surface area contributed by atoms with Gasteiger partial charge >= 0.3 is 29.6 Å². The number of unbranched alkanes of at least 4 members (excludes halogenated alkanes) is 9. The summed E-state index contributed by atoms with van der Waals surface area (Å²) in [6, 6.07) is 0. The smallest absolute Gasteiger partial charge is 0.549 e. The monoisotopic (exact) mass is 341 g/mol. The summed E-state index contributed by atoms with van der Waals surface area (Å²) in [7, 11) is 0. The normalized spacial score (nSPS) is 10.5. The zero-order chi connectivity index (χ0) is 15.9. The maximum atomic E-state index is 10.6. The molecule has 0 aromatic heterocycles. The molecule has 0 radical (unpaired) electrons. The van der Waals surface area contributed by atoms with E-state index in [-0.39, 0.29) is 41.6 Å². The number of carbonyl (C=O) groups is 1. The van der Waals surface area contributed by atoms with Gasteiger partial charge in [0.05, 0.1) is 12.1 Å². The van der Waals surface area contributed by atoms with Crippen molar-refractivity contribution in [2.75, 3.05) is 19.6 Å². The van der Waals surface area contributed by atoms with Gasteiger partial charge in [0.1, 0.15) is 0 Å². The number of rotatable bonds is 15. The van der Waals surface area contributed by atoms with Crippen LogP contribution >= 0.6 is 0 Å². The molecule has 0 aromatic carbocycles. The molecule has 0 fully saturated rings. The van der Waals surface area contributed by atoms with Gasteiger partial charge in [-0.15, -0.1) is 0 Å². The van der Waals surface area contributed by atoms with Crippen molar-refractivity contribution in [1.29, 1.82) is 0 Å². The second-order valence-electron chi connectivity index (χ2n) is 5.95. The minimum absolute atomic E-state index is 0. The Kier molecular flexibility index (Phi) is 24.9. The van der Waals surface area contributed by atoms with Crippen LogP contribution in [0.1, 0.15) is 71.1 Å². The molecule has 7 heteroatoms. The molecule has 0 spiro atoms. The zero-order valence-corrected chi connectivity index (χ0v) is 17.2. The average Bonchev–Trinajstić information content (AvgIpc) is 2.39. The Balaban J connectivity index is -0.00000200. The Morgan fingerprint density at radius 1 is 0.957 bits per heavy atom. The molecule has 0 amide bonds. The van der Waals surface area contributed by atoms with E-state index >= 15 is 0 Å². The van der Waals surface area contributed by atoms with Gasteiger partial charge in [-0.2, -0.15) is 0 Å². The topological polar surface area (TPSA) is 127 Å². The molecule has 0 aliphatic carbocycles. The third-order valence-corrected chi connectivity index (χ3v) is 3.65. The van der Waals surface area contributed by atoms with Crippen LogP contribution in [0.25, 0.3) is 0 Å². The fourth-order valence-electron chi connectivity index (χ4n) is 2.54. The Labute approximate surface area is 164 Å². The first kappa shape index (κ1) is 28.1. The minimum Gasteiger partial charge on any atom is -0.549 e. The standard InChI is InChI=1S/C16H35N3O2.Na.H2O/c1-2-3-4-5-6-7-8-9-10-11-12-19(13-15(17)18)14-16(20)21;;/h15H,2-14,17-18H2,1H3,(H,20,21);;1H2/q;+1;/p-1. The molecule has 0 rings (SSSR count). The van der Waals surface area contributed by atoms with E-state index in [1.54, 1.807) is 4.90 Å². The van der Waals surface area contributed by atoms with Crippen LogP contribution in [0.4, 0.5) is 0 Å². The van der Waals surface area contributed by atoms with Crippen molar-refractivity contribution >= 4 is 5.97 Å². The van der Waals surface area contributed by atoms with Crippen molar-refractivity contribution < 1.29 is 44.9 Å². The molecule has 0 aromatic rings. The molecule has 0 heterocycles. The number of carboxylic acids is 1. The molecule has 134 valence electrons. The summed E-state index contributed by atoms with van der Waals surface area (Å²) in [5, 5.41) is 10.6. The van der Waals surface area contributed by atoms with E-state index < -0.39 is 12.1 Å². The summed E-state index contributed by atoms with van der Waals surface area (Å²) in [4.78, 5) is 12.4. The van der Waals surface area contributed by atoms with Gasteiger partial charge in [0.25, 0.3) is 0 Å². The van der Waals surface area contributed by atoms with Gasteiger partial charge in [0.2, 0.25) is 0 Å². The van der Waals surface area contributed by atoms with Crippen LogP contribution in [0.3, 0.4) is 0 Å². The molecule has 6 N–H and O–H groups in total. The van der Waals surface area contributed by atoms with Crippen molar-refractivity contribution in [3.63, 3.8) is 0 Å². The SMILES string of the molecule is CCCCCCCCCCCCN(CC(=O)[O-])CC(N)N.O.[Na+]. The van der Waals surface area contributed by atoms with Gasteiger partial charge in [0.15, 0.2) is 0 Å². The Bertz CT molecular complexity index is 257. The summed E-state index contributed by atoms with van der Waals surface area (Å²) in [6.45, 7) is 3.30. The average molecular weight is 341 g/mol. The van der Waals surface area contributed by atoms with Crippen molar-refractivity contribution in [2.24, 2.45) is 11.5 Å². The van der Waals surface area contributed by atoms with Crippen LogP contribution in [0.5, 0.6) is 0 Å². The quantitative estimate of drug-likeness (QED) is 0.192. The summed E-state index contributed by atoms with van der Waals surface area (Å²) in [5.41, 5.74) is 11.0. The molecule has 0 saturated carbocycles. The van der Waals surface area contributed by atoms with Crippen molar-refractivity contribution in [3.8, 4) is 0 Å². The number of hydrogen-bond donors (Lipinski definition) is 2. The van der Waals surface area contributed by atoms with Gasteiger partial charge in [-0.05, 0) is 13.0 Å². The predicted octanol–water partition coefficient (Wildman–Crippen LogP) is -2.62. The Morgan fingerprint density at radius 3 is 1.78 bits per heavy atom. The van der Waals surface area contributed by atoms with Gasteiger partial charge < -0.3 is 26.8 Å². The summed E-state index contributed by atoms with van der Waals surface area (Å²) in [5.74, 6) is -1.07. The Hall–Kier alpha value is 0.310. The van der Waals surface area contributed by atoms with Crippen LogP contribution in [-0.4, -0.2) is 42.1 Å². The van der Waals surface area contributed by atoms with Crippen molar-refractivity contribution in [2.45, 2.75) is 77.3 Å². The summed E-state index contributed by atoms with van der Waals surface area (Å²) < 4.78 is 0. The fraction of sp³-hybridized carbons (Fsp3) is 0.938. The van der Waals surface area contributed by atoms with Crippen molar-refractivity contribution in [1.82, 2.24) is 4.90 Å². The molecular weight excluding hydrogens is 305 g/mol. The summed E-state index contributed by atoms with van der Waals surface area (Å²) >= 11 is 0. The number of carbonyl (C=O) groups excluding carboxylic acids is 1. The van der Waals surface area contributed by atoms with Gasteiger partial charge in [-0.3, -0.25) is 4.90 Å². The van der Waals surface area contributed by atoms with E-state index in [0.29, 0.717) is 6.54 Å². The predicted molar refractivity (Wildman–Crippen MR) is 89.1 cm³/mol. The van der Waals surface area contributed by atoms with E-state index in [1.807, 2.05) is 0 Å². The van der Waals surface area contributed by atoms with Crippen LogP contribution in [-0.2, 0) is 4.79 Å². The number of carboxylic acid groups (broad SMARTS) is 1. The molecule has 0 saturated heterocycles. The number of hydrogen-bond acceptors (Lipinski definition) is 5. The van der Waals surface area contributed by atoms with Crippen LogP contribution < -0.4 is 46.1 Å². The maximum absolute atomic E-state index is 10.6. The van der Waals surface area contributed by atoms with Gasteiger partial charge in [-0.1, -0.05) is 64.7 Å². The first-order valence-corrected chi connectivity index (χ1v) is 8.49. The molecule has 0 unspecified atom stereocenters. The van der Waals surface area contributed by atoms with Gasteiger partial charge in [0, 0.05) is 13.1 Å². The first-order chi connectivity index (χ1) is 10.1. The largest absolute Gasteiger partial charge is 1.00 e. The molecule has 0 aliphatic heterocycles. The fourth-order valence-corrected chi connectivity index (χ4v) is 2.54. The summed E-state index contributed by atoms with van der Waals surface area (Å²) in [6.07, 6.45) is 12.2. The number of nitrogens with two attached hydrogens (primary N) is 2. The maximum Gasteiger partial charge on any atom is 1.00 e. The van der Waals surface area contributed by atoms with Crippen LogP contribution in [0.2, 0.25) is 0 Å². The second kappa shape index (κ2) is 20.4. The molecule has 23 heavy (non-hydrogen) atoms. The van der Waals surface area contributed by atoms with E-state index in [0.717, 1.165) is 19.4 Å². The zero-order valence-electron chi connectivity index (χ0n) is 15.2. The second-order valence-corrected chi connectivity index (χ2v) is 5.95. The minimum atomic E-state index is -1.07. The van der Waals surface area contributed by atoms with Gasteiger partial charge in [-0.25, -0.2) is 0 Å². The third-order valence-electron chi connectivity index (χ3n) is 3.65. The van der Waals surface area contributed by atoms with E-state index in [4.69, 9.17) is 11.5 Å². The molecular formula is C16H36N3NaO3. The van der Waals surface area contributed by atoms with Crippen LogP contribution in [0, 0.1) is 0 Å². The van der Waals surface area contributed by atoms with Crippen LogP contribution in [0.15, 0.2) is 0 Å². The Morgan fingerprint density at radius 2 is 1.39 bits per heavy atom. The van der Waals surface area contributed by atoms with E-state index in [2.05, 4.69) is 6.92 Å². The van der Waals surface area contributed by atoms with E-state index in [9.17, 15) is 9.90 Å².